The van der Waals surface area contributed by atoms with Gasteiger partial charge in [0, 0.05) is 19.6 Å². The smallest absolute Gasteiger partial charge is 0.186 e. The van der Waals surface area contributed by atoms with E-state index in [1.807, 2.05) is 13.1 Å². The van der Waals surface area contributed by atoms with Crippen LogP contribution in [0.1, 0.15) is 0 Å². The molecule has 0 radical (unpaired) electrons. The highest BCUT2D eigenvalue weighted by molar-refractivity contribution is 7.22. The van der Waals surface area contributed by atoms with Gasteiger partial charge in [-0.2, -0.15) is 0 Å². The molecule has 96 valence electrons. The van der Waals surface area contributed by atoms with Gasteiger partial charge in [-0.25, -0.2) is 4.98 Å². The molecule has 1 aromatic carbocycles. The van der Waals surface area contributed by atoms with Crippen molar-refractivity contribution in [2.75, 3.05) is 38.2 Å². The second kappa shape index (κ2) is 5.22. The van der Waals surface area contributed by atoms with Crippen LogP contribution in [-0.4, -0.2) is 44.4 Å². The fourth-order valence-corrected chi connectivity index (χ4v) is 3.24. The number of ether oxygens (including phenoxy) is 1. The van der Waals surface area contributed by atoms with Gasteiger partial charge in [-0.05, 0) is 19.2 Å². The first kappa shape index (κ1) is 11.9. The van der Waals surface area contributed by atoms with E-state index in [-0.39, 0.29) is 6.10 Å². The van der Waals surface area contributed by atoms with Gasteiger partial charge in [0.05, 0.1) is 22.9 Å². The van der Waals surface area contributed by atoms with Crippen LogP contribution in [0.3, 0.4) is 0 Å². The average molecular weight is 263 g/mol. The summed E-state index contributed by atoms with van der Waals surface area (Å²) >= 11 is 1.76. The molecule has 1 atom stereocenters. The molecule has 1 N–H and O–H groups in total. The molecule has 4 nitrogen and oxygen atoms in total. The molecular formula is C13H17N3OS. The molecule has 0 saturated carbocycles. The summed E-state index contributed by atoms with van der Waals surface area (Å²) in [5.74, 6) is 0. The topological polar surface area (TPSA) is 37.4 Å². The van der Waals surface area contributed by atoms with Crippen molar-refractivity contribution in [3.8, 4) is 0 Å². The summed E-state index contributed by atoms with van der Waals surface area (Å²) in [5, 5.41) is 4.28. The van der Waals surface area contributed by atoms with E-state index >= 15 is 0 Å². The molecule has 0 amide bonds. The molecule has 1 fully saturated rings. The maximum atomic E-state index is 5.72. The summed E-state index contributed by atoms with van der Waals surface area (Å²) in [6.07, 6.45) is 0.260. The maximum absolute atomic E-state index is 5.72. The Hall–Kier alpha value is -1.17. The van der Waals surface area contributed by atoms with Gasteiger partial charge in [-0.15, -0.1) is 0 Å². The van der Waals surface area contributed by atoms with Gasteiger partial charge in [0.2, 0.25) is 0 Å². The lowest BCUT2D eigenvalue weighted by Crippen LogP contribution is -2.46. The zero-order valence-electron chi connectivity index (χ0n) is 10.4. The summed E-state index contributed by atoms with van der Waals surface area (Å²) in [6, 6.07) is 8.30. The number of fused-ring (bicyclic) bond motifs is 1. The van der Waals surface area contributed by atoms with Gasteiger partial charge < -0.3 is 15.0 Å². The summed E-state index contributed by atoms with van der Waals surface area (Å²) < 4.78 is 6.97. The van der Waals surface area contributed by atoms with Gasteiger partial charge in [-0.3, -0.25) is 0 Å². The van der Waals surface area contributed by atoms with Crippen molar-refractivity contribution in [3.63, 3.8) is 0 Å². The van der Waals surface area contributed by atoms with E-state index in [2.05, 4.69) is 28.4 Å². The molecule has 1 unspecified atom stereocenters. The first-order valence-corrected chi connectivity index (χ1v) is 7.05. The van der Waals surface area contributed by atoms with Crippen LogP contribution in [-0.2, 0) is 4.74 Å². The van der Waals surface area contributed by atoms with E-state index in [9.17, 15) is 0 Å². The van der Waals surface area contributed by atoms with Gasteiger partial charge in [0.25, 0.3) is 0 Å². The molecule has 0 bridgehead atoms. The van der Waals surface area contributed by atoms with Gasteiger partial charge in [0.15, 0.2) is 5.13 Å². The molecule has 18 heavy (non-hydrogen) atoms. The van der Waals surface area contributed by atoms with Crippen LogP contribution in [0.5, 0.6) is 0 Å². The SMILES string of the molecule is CNCC1CN(c2nc3ccccc3s2)CCO1. The lowest BCUT2D eigenvalue weighted by molar-refractivity contribution is 0.0422. The van der Waals surface area contributed by atoms with Crippen molar-refractivity contribution in [2.45, 2.75) is 6.10 Å². The normalized spacial score (nSPS) is 20.5. The molecule has 5 heteroatoms. The summed E-state index contributed by atoms with van der Waals surface area (Å²) in [4.78, 5) is 7.03. The number of anilines is 1. The minimum atomic E-state index is 0.260. The van der Waals surface area contributed by atoms with Crippen molar-refractivity contribution in [1.82, 2.24) is 10.3 Å². The lowest BCUT2D eigenvalue weighted by Gasteiger charge is -2.32. The number of hydrogen-bond acceptors (Lipinski definition) is 5. The molecule has 2 heterocycles. The maximum Gasteiger partial charge on any atom is 0.186 e. The van der Waals surface area contributed by atoms with Crippen molar-refractivity contribution in [3.05, 3.63) is 24.3 Å². The third-order valence-electron chi connectivity index (χ3n) is 3.12. The highest BCUT2D eigenvalue weighted by atomic mass is 32.1. The summed E-state index contributed by atoms with van der Waals surface area (Å²) in [7, 11) is 1.96. The number of thiazole rings is 1. The van der Waals surface area contributed by atoms with Crippen LogP contribution in [0.25, 0.3) is 10.2 Å². The number of aromatic nitrogens is 1. The van der Waals surface area contributed by atoms with E-state index in [0.29, 0.717) is 0 Å². The van der Waals surface area contributed by atoms with Crippen LogP contribution in [0.2, 0.25) is 0 Å². The van der Waals surface area contributed by atoms with E-state index in [4.69, 9.17) is 9.72 Å². The number of rotatable bonds is 3. The Kier molecular flexibility index (Phi) is 3.45. The summed E-state index contributed by atoms with van der Waals surface area (Å²) in [5.41, 5.74) is 1.09. The second-order valence-electron chi connectivity index (χ2n) is 4.46. The lowest BCUT2D eigenvalue weighted by atomic mass is 10.3. The Balaban J connectivity index is 1.80. The molecule has 1 aliphatic rings. The first-order valence-electron chi connectivity index (χ1n) is 6.23. The van der Waals surface area contributed by atoms with Crippen molar-refractivity contribution in [1.29, 1.82) is 0 Å². The minimum absolute atomic E-state index is 0.260. The minimum Gasteiger partial charge on any atom is -0.373 e. The molecular weight excluding hydrogens is 246 g/mol. The number of benzene rings is 1. The number of nitrogens with zero attached hydrogens (tertiary/aromatic N) is 2. The van der Waals surface area contributed by atoms with Crippen LogP contribution in [0.15, 0.2) is 24.3 Å². The van der Waals surface area contributed by atoms with Crippen molar-refractivity contribution in [2.24, 2.45) is 0 Å². The van der Waals surface area contributed by atoms with E-state index in [1.54, 1.807) is 11.3 Å². The Morgan fingerprint density at radius 1 is 1.50 bits per heavy atom. The summed E-state index contributed by atoms with van der Waals surface area (Å²) in [6.45, 7) is 3.52. The van der Waals surface area contributed by atoms with Crippen LogP contribution >= 0.6 is 11.3 Å². The number of para-hydroxylation sites is 1. The van der Waals surface area contributed by atoms with Crippen molar-refractivity contribution < 1.29 is 4.74 Å². The van der Waals surface area contributed by atoms with E-state index in [0.717, 1.165) is 36.9 Å². The third-order valence-corrected chi connectivity index (χ3v) is 4.22. The molecule has 1 saturated heterocycles. The molecule has 1 aliphatic heterocycles. The van der Waals surface area contributed by atoms with Gasteiger partial charge in [0.1, 0.15) is 0 Å². The Labute approximate surface area is 111 Å². The number of likely N-dealkylation sites (N-methyl/N-ethyl adjacent to an activating group) is 1. The Bertz CT molecular complexity index is 493. The van der Waals surface area contributed by atoms with E-state index < -0.39 is 0 Å². The fourth-order valence-electron chi connectivity index (χ4n) is 2.24. The number of hydrogen-bond donors (Lipinski definition) is 1. The van der Waals surface area contributed by atoms with Crippen LogP contribution < -0.4 is 10.2 Å². The first-order chi connectivity index (χ1) is 8.86. The van der Waals surface area contributed by atoms with Crippen molar-refractivity contribution >= 4 is 26.7 Å². The highest BCUT2D eigenvalue weighted by Crippen LogP contribution is 2.29. The zero-order chi connectivity index (χ0) is 12.4. The highest BCUT2D eigenvalue weighted by Gasteiger charge is 2.22. The Morgan fingerprint density at radius 2 is 2.39 bits per heavy atom. The molecule has 1 aromatic heterocycles. The molecule has 0 spiro atoms. The molecule has 2 aromatic rings. The van der Waals surface area contributed by atoms with E-state index in [1.165, 1.54) is 4.70 Å². The number of nitrogens with one attached hydrogen (secondary N) is 1. The predicted octanol–water partition coefficient (Wildman–Crippen LogP) is 1.72. The predicted molar refractivity (Wildman–Crippen MR) is 75.5 cm³/mol. The average Bonchev–Trinajstić information content (AvgIpc) is 2.83. The molecule has 0 aliphatic carbocycles. The quantitative estimate of drug-likeness (QED) is 0.915. The van der Waals surface area contributed by atoms with Gasteiger partial charge in [-0.1, -0.05) is 23.5 Å². The fraction of sp³-hybridized carbons (Fsp3) is 0.462. The number of morpholine rings is 1. The van der Waals surface area contributed by atoms with Crippen LogP contribution in [0.4, 0.5) is 5.13 Å². The third kappa shape index (κ3) is 2.34. The standard InChI is InChI=1S/C13H17N3OS/c1-14-8-10-9-16(6-7-17-10)13-15-11-4-2-3-5-12(11)18-13/h2-5,10,14H,6-9H2,1H3. The second-order valence-corrected chi connectivity index (χ2v) is 5.47. The van der Waals surface area contributed by atoms with Gasteiger partial charge >= 0.3 is 0 Å². The molecule has 3 rings (SSSR count). The Morgan fingerprint density at radius 3 is 3.22 bits per heavy atom. The monoisotopic (exact) mass is 263 g/mol. The zero-order valence-corrected chi connectivity index (χ0v) is 11.2. The van der Waals surface area contributed by atoms with Crippen LogP contribution in [0, 0.1) is 0 Å². The largest absolute Gasteiger partial charge is 0.373 e.